The number of thioether (sulfide) groups is 1. The van der Waals surface area contributed by atoms with Crippen molar-refractivity contribution in [1.82, 2.24) is 10.2 Å². The summed E-state index contributed by atoms with van der Waals surface area (Å²) in [5, 5.41) is 3.86. The van der Waals surface area contributed by atoms with E-state index in [1.165, 1.54) is 25.7 Å². The van der Waals surface area contributed by atoms with Crippen LogP contribution in [-0.4, -0.2) is 53.8 Å². The molecule has 19 heavy (non-hydrogen) atoms. The van der Waals surface area contributed by atoms with Crippen LogP contribution in [0.25, 0.3) is 0 Å². The van der Waals surface area contributed by atoms with Crippen LogP contribution in [-0.2, 0) is 4.74 Å². The van der Waals surface area contributed by atoms with E-state index in [2.05, 4.69) is 5.32 Å². The summed E-state index contributed by atoms with van der Waals surface area (Å²) in [6, 6.07) is 0.0639. The van der Waals surface area contributed by atoms with Gasteiger partial charge in [0.1, 0.15) is 0 Å². The van der Waals surface area contributed by atoms with Crippen LogP contribution >= 0.6 is 11.8 Å². The summed E-state index contributed by atoms with van der Waals surface area (Å²) in [6.07, 6.45) is 5.76. The lowest BCUT2D eigenvalue weighted by Gasteiger charge is -2.35. The van der Waals surface area contributed by atoms with Gasteiger partial charge in [-0.2, -0.15) is 11.8 Å². The summed E-state index contributed by atoms with van der Waals surface area (Å²) in [5.41, 5.74) is 0. The molecule has 0 unspecified atom stereocenters. The lowest BCUT2D eigenvalue weighted by molar-refractivity contribution is -0.0544. The molecule has 110 valence electrons. The molecule has 1 N–H and O–H groups in total. The summed E-state index contributed by atoms with van der Waals surface area (Å²) in [5.74, 6) is 1.03. The molecule has 0 bridgehead atoms. The highest BCUT2D eigenvalue weighted by Crippen LogP contribution is 2.28. The number of rotatable bonds is 4. The molecule has 0 aromatic rings. The van der Waals surface area contributed by atoms with Gasteiger partial charge in [0.2, 0.25) is 0 Å². The van der Waals surface area contributed by atoms with Gasteiger partial charge in [-0.15, -0.1) is 0 Å². The minimum atomic E-state index is 0.0639. The van der Waals surface area contributed by atoms with Gasteiger partial charge in [-0.25, -0.2) is 4.79 Å². The van der Waals surface area contributed by atoms with Crippen molar-refractivity contribution in [2.45, 2.75) is 57.0 Å². The maximum Gasteiger partial charge on any atom is 0.317 e. The molecule has 0 radical (unpaired) electrons. The Morgan fingerprint density at radius 2 is 1.89 bits per heavy atom. The Balaban J connectivity index is 1.60. The van der Waals surface area contributed by atoms with Crippen LogP contribution in [0.5, 0.6) is 0 Å². The number of nitrogens with one attached hydrogen (secondary N) is 1. The van der Waals surface area contributed by atoms with Crippen LogP contribution in [0.2, 0.25) is 0 Å². The summed E-state index contributed by atoms with van der Waals surface area (Å²) in [6.45, 7) is 6.22. The first-order valence-corrected chi connectivity index (χ1v) is 8.50. The largest absolute Gasteiger partial charge is 0.372 e. The van der Waals surface area contributed by atoms with Crippen molar-refractivity contribution in [2.24, 2.45) is 0 Å². The average Bonchev–Trinajstić information content (AvgIpc) is 2.86. The zero-order valence-corrected chi connectivity index (χ0v) is 12.9. The van der Waals surface area contributed by atoms with E-state index in [-0.39, 0.29) is 18.2 Å². The summed E-state index contributed by atoms with van der Waals surface area (Å²) in [4.78, 5) is 13.9. The normalized spacial score (nSPS) is 28.6. The zero-order chi connectivity index (χ0) is 13.7. The van der Waals surface area contributed by atoms with E-state index in [4.69, 9.17) is 4.74 Å². The second-order valence-corrected chi connectivity index (χ2v) is 7.08. The van der Waals surface area contributed by atoms with Gasteiger partial charge in [0, 0.05) is 30.6 Å². The molecule has 1 heterocycles. The first kappa shape index (κ1) is 15.0. The van der Waals surface area contributed by atoms with Crippen molar-refractivity contribution in [3.63, 3.8) is 0 Å². The summed E-state index contributed by atoms with van der Waals surface area (Å²) in [7, 11) is 0. The van der Waals surface area contributed by atoms with Gasteiger partial charge < -0.3 is 15.0 Å². The minimum absolute atomic E-state index is 0.0639. The van der Waals surface area contributed by atoms with Crippen LogP contribution < -0.4 is 5.32 Å². The van der Waals surface area contributed by atoms with Gasteiger partial charge >= 0.3 is 6.03 Å². The molecule has 0 spiro atoms. The van der Waals surface area contributed by atoms with Crippen molar-refractivity contribution in [3.8, 4) is 0 Å². The Bertz CT molecular complexity index is 285. The number of ether oxygens (including phenoxy) is 1. The molecule has 1 aliphatic heterocycles. The smallest absolute Gasteiger partial charge is 0.317 e. The number of urea groups is 1. The summed E-state index contributed by atoms with van der Waals surface area (Å²) < 4.78 is 5.63. The van der Waals surface area contributed by atoms with Crippen LogP contribution in [0, 0.1) is 0 Å². The third-order valence-corrected chi connectivity index (χ3v) is 5.12. The van der Waals surface area contributed by atoms with Crippen molar-refractivity contribution in [2.75, 3.05) is 25.4 Å². The predicted octanol–water partition coefficient (Wildman–Crippen LogP) is 2.48. The topological polar surface area (TPSA) is 41.6 Å². The van der Waals surface area contributed by atoms with E-state index in [0.29, 0.717) is 13.1 Å². The molecule has 2 aliphatic rings. The minimum Gasteiger partial charge on any atom is -0.372 e. The number of nitrogens with zero attached hydrogens (tertiary/aromatic N) is 1. The highest BCUT2D eigenvalue weighted by atomic mass is 32.2. The van der Waals surface area contributed by atoms with Gasteiger partial charge in [-0.3, -0.25) is 0 Å². The van der Waals surface area contributed by atoms with Gasteiger partial charge in [0.25, 0.3) is 0 Å². The SMILES string of the molecule is C[C@H]1CN(C(=O)NCCSC2CCCC2)C[C@H](C)O1. The van der Waals surface area contributed by atoms with E-state index in [1.807, 2.05) is 30.5 Å². The Morgan fingerprint density at radius 1 is 1.26 bits per heavy atom. The average molecular weight is 286 g/mol. The molecule has 0 aromatic heterocycles. The molecule has 2 atom stereocenters. The van der Waals surface area contributed by atoms with Crippen molar-refractivity contribution < 1.29 is 9.53 Å². The van der Waals surface area contributed by atoms with Crippen LogP contribution in [0.3, 0.4) is 0 Å². The monoisotopic (exact) mass is 286 g/mol. The van der Waals surface area contributed by atoms with E-state index in [1.54, 1.807) is 0 Å². The number of hydrogen-bond acceptors (Lipinski definition) is 3. The molecule has 5 heteroatoms. The fourth-order valence-electron chi connectivity index (χ4n) is 2.89. The van der Waals surface area contributed by atoms with Gasteiger partial charge in [-0.1, -0.05) is 12.8 Å². The number of amides is 2. The van der Waals surface area contributed by atoms with E-state index in [0.717, 1.165) is 17.5 Å². The molecule has 2 rings (SSSR count). The highest BCUT2D eigenvalue weighted by molar-refractivity contribution is 7.99. The first-order chi connectivity index (χ1) is 9.15. The predicted molar refractivity (Wildman–Crippen MR) is 79.7 cm³/mol. The van der Waals surface area contributed by atoms with Crippen molar-refractivity contribution >= 4 is 17.8 Å². The second kappa shape index (κ2) is 7.39. The maximum absolute atomic E-state index is 12.0. The molecule has 4 nitrogen and oxygen atoms in total. The standard InChI is InChI=1S/C14H26N2O2S/c1-11-9-16(10-12(2)18-11)14(17)15-7-8-19-13-5-3-4-6-13/h11-13H,3-10H2,1-2H3,(H,15,17)/t11-,12-/m0/s1. The zero-order valence-electron chi connectivity index (χ0n) is 12.1. The fraction of sp³-hybridized carbons (Fsp3) is 0.929. The van der Waals surface area contributed by atoms with E-state index < -0.39 is 0 Å². The van der Waals surface area contributed by atoms with Gasteiger partial charge in [0.15, 0.2) is 0 Å². The van der Waals surface area contributed by atoms with Gasteiger partial charge in [0.05, 0.1) is 12.2 Å². The molecule has 1 saturated heterocycles. The van der Waals surface area contributed by atoms with E-state index >= 15 is 0 Å². The third kappa shape index (κ3) is 4.88. The first-order valence-electron chi connectivity index (χ1n) is 7.45. The van der Waals surface area contributed by atoms with Crippen molar-refractivity contribution in [3.05, 3.63) is 0 Å². The lowest BCUT2D eigenvalue weighted by atomic mass is 10.2. The molecular weight excluding hydrogens is 260 g/mol. The fourth-order valence-corrected chi connectivity index (χ4v) is 4.11. The third-order valence-electron chi connectivity index (χ3n) is 3.74. The Kier molecular flexibility index (Phi) is 5.82. The maximum atomic E-state index is 12.0. The quantitative estimate of drug-likeness (QED) is 0.807. The van der Waals surface area contributed by atoms with Crippen molar-refractivity contribution in [1.29, 1.82) is 0 Å². The molecule has 1 saturated carbocycles. The number of carbonyl (C=O) groups excluding carboxylic acids is 1. The van der Waals surface area contributed by atoms with Crippen LogP contribution in [0.15, 0.2) is 0 Å². The number of morpholine rings is 1. The van der Waals surface area contributed by atoms with Crippen LogP contribution in [0.4, 0.5) is 4.79 Å². The Labute approximate surface area is 120 Å². The summed E-state index contributed by atoms with van der Waals surface area (Å²) >= 11 is 2.02. The Morgan fingerprint density at radius 3 is 2.53 bits per heavy atom. The van der Waals surface area contributed by atoms with E-state index in [9.17, 15) is 4.79 Å². The molecule has 2 fully saturated rings. The molecule has 0 aromatic carbocycles. The van der Waals surface area contributed by atoms with Crippen LogP contribution in [0.1, 0.15) is 39.5 Å². The molecule has 2 amide bonds. The lowest BCUT2D eigenvalue weighted by Crippen LogP contribution is -2.51. The Hall–Kier alpha value is -0.420. The van der Waals surface area contributed by atoms with Gasteiger partial charge in [-0.05, 0) is 26.7 Å². The number of carbonyl (C=O) groups is 1. The molecular formula is C14H26N2O2S. The molecule has 1 aliphatic carbocycles. The highest BCUT2D eigenvalue weighted by Gasteiger charge is 2.25. The number of hydrogen-bond donors (Lipinski definition) is 1. The second-order valence-electron chi connectivity index (χ2n) is 5.67.